The van der Waals surface area contributed by atoms with Crippen LogP contribution < -0.4 is 10.2 Å². The summed E-state index contributed by atoms with van der Waals surface area (Å²) in [5, 5.41) is 2.82. The number of nitrogens with zero attached hydrogens (tertiary/aromatic N) is 2. The lowest BCUT2D eigenvalue weighted by molar-refractivity contribution is -0.126. The molecule has 5 nitrogen and oxygen atoms in total. The van der Waals surface area contributed by atoms with E-state index < -0.39 is 6.04 Å². The first-order valence-corrected chi connectivity index (χ1v) is 9.57. The van der Waals surface area contributed by atoms with Gasteiger partial charge in [-0.1, -0.05) is 37.3 Å². The second-order valence-corrected chi connectivity index (χ2v) is 6.56. The molecule has 2 amide bonds. The van der Waals surface area contributed by atoms with Crippen LogP contribution in [-0.2, 0) is 16.1 Å². The van der Waals surface area contributed by atoms with Gasteiger partial charge < -0.3 is 10.2 Å². The molecule has 0 aliphatic carbocycles. The number of carbonyl (C=O) groups excluding carboxylic acids is 2. The Balaban J connectivity index is 1.95. The number of anilines is 1. The molecule has 2 rings (SSSR count). The number of para-hydroxylation sites is 1. The minimum absolute atomic E-state index is 0.0399. The molecule has 2 aromatic rings. The van der Waals surface area contributed by atoms with Crippen LogP contribution in [0.15, 0.2) is 54.6 Å². The first-order chi connectivity index (χ1) is 13.5. The molecule has 0 aromatic heterocycles. The Morgan fingerprint density at radius 1 is 1.00 bits per heavy atom. The molecule has 2 aromatic carbocycles. The predicted octanol–water partition coefficient (Wildman–Crippen LogP) is 3.21. The summed E-state index contributed by atoms with van der Waals surface area (Å²) in [6, 6.07) is 15.1. The number of rotatable bonds is 9. The quantitative estimate of drug-likeness (QED) is 0.721. The van der Waals surface area contributed by atoms with E-state index in [1.54, 1.807) is 17.0 Å². The molecule has 0 aliphatic heterocycles. The number of likely N-dealkylation sites (N-methyl/N-ethyl adjacent to an activating group) is 2. The summed E-state index contributed by atoms with van der Waals surface area (Å²) in [6.45, 7) is 7.26. The lowest BCUT2D eigenvalue weighted by Gasteiger charge is -2.31. The molecule has 0 saturated heterocycles. The molecule has 0 radical (unpaired) electrons. The van der Waals surface area contributed by atoms with Crippen molar-refractivity contribution in [1.82, 2.24) is 10.2 Å². The molecule has 1 atom stereocenters. The van der Waals surface area contributed by atoms with Gasteiger partial charge in [-0.2, -0.15) is 0 Å². The maximum Gasteiger partial charge on any atom is 0.244 e. The molecule has 150 valence electrons. The Bertz CT molecular complexity index is 765. The summed E-state index contributed by atoms with van der Waals surface area (Å²) in [4.78, 5) is 28.9. The molecule has 6 heteroatoms. The zero-order chi connectivity index (χ0) is 20.5. The van der Waals surface area contributed by atoms with Gasteiger partial charge >= 0.3 is 0 Å². The van der Waals surface area contributed by atoms with E-state index in [2.05, 4.69) is 5.32 Å². The molecule has 1 N–H and O–H groups in total. The lowest BCUT2D eigenvalue weighted by atomic mass is 10.2. The van der Waals surface area contributed by atoms with Crippen LogP contribution in [0.25, 0.3) is 0 Å². The fraction of sp³-hybridized carbons (Fsp3) is 0.364. The number of halogens is 1. The van der Waals surface area contributed by atoms with Crippen molar-refractivity contribution in [2.75, 3.05) is 24.5 Å². The Hall–Kier alpha value is -2.73. The highest BCUT2D eigenvalue weighted by molar-refractivity contribution is 5.97. The van der Waals surface area contributed by atoms with Crippen molar-refractivity contribution in [2.45, 2.75) is 33.4 Å². The number of carbonyl (C=O) groups is 2. The zero-order valence-corrected chi connectivity index (χ0v) is 16.7. The maximum atomic E-state index is 13.0. The second-order valence-electron chi connectivity index (χ2n) is 6.56. The largest absolute Gasteiger partial charge is 0.351 e. The summed E-state index contributed by atoms with van der Waals surface area (Å²) in [7, 11) is 0. The van der Waals surface area contributed by atoms with E-state index in [4.69, 9.17) is 0 Å². The van der Waals surface area contributed by atoms with Crippen molar-refractivity contribution in [3.8, 4) is 0 Å². The van der Waals surface area contributed by atoms with Gasteiger partial charge in [-0.3, -0.25) is 14.5 Å². The number of amides is 2. The summed E-state index contributed by atoms with van der Waals surface area (Å²) in [5.41, 5.74) is 1.67. The van der Waals surface area contributed by atoms with E-state index in [0.717, 1.165) is 11.3 Å². The summed E-state index contributed by atoms with van der Waals surface area (Å²) >= 11 is 0. The van der Waals surface area contributed by atoms with Crippen molar-refractivity contribution >= 4 is 17.5 Å². The van der Waals surface area contributed by atoms with E-state index in [1.807, 2.05) is 56.0 Å². The van der Waals surface area contributed by atoms with Crippen LogP contribution in [0, 0.1) is 5.82 Å². The maximum absolute atomic E-state index is 13.0. The number of nitrogens with one attached hydrogen (secondary N) is 1. The van der Waals surface area contributed by atoms with Gasteiger partial charge in [-0.05, 0) is 50.2 Å². The normalized spacial score (nSPS) is 11.9. The first kappa shape index (κ1) is 21.6. The summed E-state index contributed by atoms with van der Waals surface area (Å²) < 4.78 is 13.0. The fourth-order valence-electron chi connectivity index (χ4n) is 3.02. The van der Waals surface area contributed by atoms with Gasteiger partial charge in [0.15, 0.2) is 0 Å². The Morgan fingerprint density at radius 3 is 2.21 bits per heavy atom. The molecule has 0 saturated carbocycles. The Labute approximate surface area is 166 Å². The highest BCUT2D eigenvalue weighted by Crippen LogP contribution is 2.16. The molecule has 0 spiro atoms. The summed E-state index contributed by atoms with van der Waals surface area (Å²) in [6.07, 6.45) is 0. The molecular formula is C22H28FN3O2. The highest BCUT2D eigenvalue weighted by atomic mass is 19.1. The van der Waals surface area contributed by atoms with Crippen LogP contribution in [0.3, 0.4) is 0 Å². The van der Waals surface area contributed by atoms with Crippen molar-refractivity contribution < 1.29 is 14.0 Å². The number of hydrogen-bond donors (Lipinski definition) is 1. The van der Waals surface area contributed by atoms with Crippen molar-refractivity contribution in [1.29, 1.82) is 0 Å². The fourth-order valence-corrected chi connectivity index (χ4v) is 3.02. The van der Waals surface area contributed by atoms with E-state index in [1.165, 1.54) is 12.1 Å². The third-order valence-corrected chi connectivity index (χ3v) is 4.71. The van der Waals surface area contributed by atoms with Gasteiger partial charge in [0.25, 0.3) is 0 Å². The smallest absolute Gasteiger partial charge is 0.244 e. The molecule has 0 bridgehead atoms. The van der Waals surface area contributed by atoms with Crippen LogP contribution in [0.5, 0.6) is 0 Å². The average Bonchev–Trinajstić information content (AvgIpc) is 2.72. The van der Waals surface area contributed by atoms with Crippen molar-refractivity contribution in [2.24, 2.45) is 0 Å². The molecule has 0 heterocycles. The van der Waals surface area contributed by atoms with Gasteiger partial charge in [0.2, 0.25) is 11.8 Å². The lowest BCUT2D eigenvalue weighted by Crippen LogP contribution is -2.50. The van der Waals surface area contributed by atoms with Crippen LogP contribution >= 0.6 is 0 Å². The third-order valence-electron chi connectivity index (χ3n) is 4.71. The van der Waals surface area contributed by atoms with Gasteiger partial charge in [0, 0.05) is 18.8 Å². The number of benzene rings is 2. The minimum Gasteiger partial charge on any atom is -0.351 e. The van der Waals surface area contributed by atoms with Crippen LogP contribution in [0.4, 0.5) is 10.1 Å². The molecular weight excluding hydrogens is 357 g/mol. The van der Waals surface area contributed by atoms with Crippen LogP contribution in [-0.4, -0.2) is 42.4 Å². The minimum atomic E-state index is -0.429. The van der Waals surface area contributed by atoms with E-state index in [-0.39, 0.29) is 24.2 Å². The highest BCUT2D eigenvalue weighted by Gasteiger charge is 2.26. The van der Waals surface area contributed by atoms with Crippen molar-refractivity contribution in [3.63, 3.8) is 0 Å². The van der Waals surface area contributed by atoms with Gasteiger partial charge in [-0.25, -0.2) is 4.39 Å². The summed E-state index contributed by atoms with van der Waals surface area (Å²) in [5.74, 6) is -0.520. The first-order valence-electron chi connectivity index (χ1n) is 9.57. The van der Waals surface area contributed by atoms with E-state index in [9.17, 15) is 14.0 Å². The topological polar surface area (TPSA) is 52.7 Å². The Kier molecular flexibility index (Phi) is 8.14. The molecule has 0 aliphatic rings. The van der Waals surface area contributed by atoms with Crippen molar-refractivity contribution in [3.05, 3.63) is 66.0 Å². The predicted molar refractivity (Wildman–Crippen MR) is 109 cm³/mol. The van der Waals surface area contributed by atoms with Crippen LogP contribution in [0.1, 0.15) is 26.3 Å². The van der Waals surface area contributed by atoms with Gasteiger partial charge in [0.05, 0.1) is 12.6 Å². The molecule has 1 unspecified atom stereocenters. The van der Waals surface area contributed by atoms with Gasteiger partial charge in [-0.15, -0.1) is 0 Å². The molecule has 0 fully saturated rings. The monoisotopic (exact) mass is 385 g/mol. The SMILES string of the molecule is CCN(C(=O)C(C)N(CC)CC(=O)NCc1ccc(F)cc1)c1ccccc1. The Morgan fingerprint density at radius 2 is 1.64 bits per heavy atom. The molecule has 28 heavy (non-hydrogen) atoms. The number of hydrogen-bond acceptors (Lipinski definition) is 3. The third kappa shape index (κ3) is 5.89. The average molecular weight is 385 g/mol. The van der Waals surface area contributed by atoms with E-state index in [0.29, 0.717) is 19.6 Å². The zero-order valence-electron chi connectivity index (χ0n) is 16.7. The standard InChI is InChI=1S/C22H28FN3O2/c1-4-25(16-21(27)24-15-18-11-13-19(23)14-12-18)17(3)22(28)26(5-2)20-9-7-6-8-10-20/h6-14,17H,4-5,15-16H2,1-3H3,(H,24,27). The van der Waals surface area contributed by atoms with E-state index >= 15 is 0 Å². The second kappa shape index (κ2) is 10.6. The van der Waals surface area contributed by atoms with Crippen LogP contribution in [0.2, 0.25) is 0 Å². The van der Waals surface area contributed by atoms with Gasteiger partial charge in [0.1, 0.15) is 5.82 Å².